The molecule has 1 unspecified atom stereocenters. The number of carboxylic acid groups (broad SMARTS) is 2. The van der Waals surface area contributed by atoms with Gasteiger partial charge >= 0.3 is 11.9 Å². The van der Waals surface area contributed by atoms with Crippen LogP contribution in [0, 0.1) is 5.92 Å². The molecule has 1 atom stereocenters. The van der Waals surface area contributed by atoms with E-state index in [0.29, 0.717) is 6.54 Å². The van der Waals surface area contributed by atoms with Crippen molar-refractivity contribution < 1.29 is 29.0 Å². The Balaban J connectivity index is 0.000000413. The average molecular weight is 340 g/mol. The summed E-state index contributed by atoms with van der Waals surface area (Å²) < 4.78 is 5.19. The molecule has 1 fully saturated rings. The Morgan fingerprint density at radius 2 is 1.88 bits per heavy atom. The second-order valence-electron chi connectivity index (χ2n) is 5.80. The third kappa shape index (κ3) is 6.82. The molecular weight excluding hydrogens is 316 g/mol. The molecule has 0 aromatic carbocycles. The Bertz CT molecular complexity index is 523. The summed E-state index contributed by atoms with van der Waals surface area (Å²) in [5, 5.41) is 17.7. The normalized spacial score (nSPS) is 16.6. The lowest BCUT2D eigenvalue weighted by Crippen LogP contribution is -2.47. The van der Waals surface area contributed by atoms with Gasteiger partial charge in [-0.05, 0) is 50.9 Å². The van der Waals surface area contributed by atoms with Gasteiger partial charge in [-0.2, -0.15) is 0 Å². The molecule has 1 aliphatic heterocycles. The Kier molecular flexibility index (Phi) is 7.97. The smallest absolute Gasteiger partial charge is 0.414 e. The van der Waals surface area contributed by atoms with Crippen LogP contribution in [0.2, 0.25) is 0 Å². The van der Waals surface area contributed by atoms with E-state index >= 15 is 0 Å². The zero-order valence-electron chi connectivity index (χ0n) is 13.9. The number of carboxylic acids is 2. The molecule has 3 N–H and O–H groups in total. The number of carbonyl (C=O) groups is 3. The number of hydrogen-bond donors (Lipinski definition) is 3. The molecule has 8 nitrogen and oxygen atoms in total. The van der Waals surface area contributed by atoms with Crippen LogP contribution in [-0.2, 0) is 20.9 Å². The summed E-state index contributed by atoms with van der Waals surface area (Å²) in [5.74, 6) is -1.98. The quantitative estimate of drug-likeness (QED) is 0.704. The average Bonchev–Trinajstić information content (AvgIpc) is 3.06. The molecule has 0 radical (unpaired) electrons. The Hall–Kier alpha value is -2.35. The predicted octanol–water partition coefficient (Wildman–Crippen LogP) is 1.17. The summed E-state index contributed by atoms with van der Waals surface area (Å²) >= 11 is 0. The van der Waals surface area contributed by atoms with E-state index in [1.807, 2.05) is 19.1 Å². The van der Waals surface area contributed by atoms with Gasteiger partial charge in [0.05, 0.1) is 18.8 Å². The van der Waals surface area contributed by atoms with E-state index in [1.54, 1.807) is 6.26 Å². The van der Waals surface area contributed by atoms with Crippen molar-refractivity contribution in [3.63, 3.8) is 0 Å². The Morgan fingerprint density at radius 3 is 2.33 bits per heavy atom. The van der Waals surface area contributed by atoms with Gasteiger partial charge in [-0.15, -0.1) is 0 Å². The van der Waals surface area contributed by atoms with Crippen molar-refractivity contribution in [3.8, 4) is 0 Å². The molecule has 1 aromatic rings. The third-order valence-corrected chi connectivity index (χ3v) is 3.95. The van der Waals surface area contributed by atoms with Gasteiger partial charge in [0.2, 0.25) is 5.91 Å². The maximum absolute atomic E-state index is 12.0. The van der Waals surface area contributed by atoms with Crippen LogP contribution in [0.15, 0.2) is 22.8 Å². The summed E-state index contributed by atoms with van der Waals surface area (Å²) in [7, 11) is 0. The van der Waals surface area contributed by atoms with Gasteiger partial charge in [0.1, 0.15) is 5.76 Å². The second-order valence-corrected chi connectivity index (χ2v) is 5.80. The minimum absolute atomic E-state index is 0.0486. The van der Waals surface area contributed by atoms with Crippen LogP contribution in [0.3, 0.4) is 0 Å². The van der Waals surface area contributed by atoms with E-state index in [9.17, 15) is 4.79 Å². The van der Waals surface area contributed by atoms with Crippen molar-refractivity contribution in [1.82, 2.24) is 10.2 Å². The summed E-state index contributed by atoms with van der Waals surface area (Å²) in [4.78, 5) is 32.5. The van der Waals surface area contributed by atoms with E-state index in [-0.39, 0.29) is 11.9 Å². The van der Waals surface area contributed by atoms with Crippen molar-refractivity contribution >= 4 is 17.8 Å². The number of furan rings is 1. The zero-order chi connectivity index (χ0) is 18.1. The van der Waals surface area contributed by atoms with E-state index in [2.05, 4.69) is 17.1 Å². The second kappa shape index (κ2) is 9.71. The highest BCUT2D eigenvalue weighted by atomic mass is 16.4. The van der Waals surface area contributed by atoms with Gasteiger partial charge in [-0.1, -0.05) is 6.92 Å². The number of nitrogens with one attached hydrogen (secondary N) is 1. The highest BCUT2D eigenvalue weighted by Crippen LogP contribution is 2.18. The van der Waals surface area contributed by atoms with Crippen molar-refractivity contribution in [2.24, 2.45) is 5.92 Å². The molecule has 1 aromatic heterocycles. The van der Waals surface area contributed by atoms with Gasteiger partial charge < -0.3 is 19.9 Å². The maximum Gasteiger partial charge on any atom is 0.414 e. The van der Waals surface area contributed by atoms with E-state index in [1.165, 1.54) is 12.8 Å². The van der Waals surface area contributed by atoms with Crippen LogP contribution in [0.4, 0.5) is 0 Å². The van der Waals surface area contributed by atoms with Crippen molar-refractivity contribution in [2.45, 2.75) is 39.3 Å². The van der Waals surface area contributed by atoms with E-state index in [0.717, 1.165) is 24.8 Å². The first-order valence-corrected chi connectivity index (χ1v) is 7.81. The molecule has 1 saturated heterocycles. The number of aliphatic carboxylic acids is 2. The number of carbonyl (C=O) groups excluding carboxylic acids is 1. The van der Waals surface area contributed by atoms with Crippen LogP contribution in [0.1, 0.15) is 32.4 Å². The number of amides is 1. The number of rotatable bonds is 4. The molecule has 0 aliphatic carbocycles. The van der Waals surface area contributed by atoms with E-state index < -0.39 is 11.9 Å². The SMILES string of the molecule is CC1CCN(C(C)C(=O)NCc2ccco2)CC1.O=C(O)C(=O)O. The van der Waals surface area contributed by atoms with Crippen LogP contribution in [0.25, 0.3) is 0 Å². The predicted molar refractivity (Wildman–Crippen MR) is 85.3 cm³/mol. The Labute approximate surface area is 140 Å². The summed E-state index contributed by atoms with van der Waals surface area (Å²) in [6, 6.07) is 3.65. The molecular formula is C16H24N2O6. The van der Waals surface area contributed by atoms with Crippen LogP contribution in [0.5, 0.6) is 0 Å². The summed E-state index contributed by atoms with van der Waals surface area (Å²) in [6.45, 7) is 6.78. The van der Waals surface area contributed by atoms with E-state index in [4.69, 9.17) is 24.2 Å². The minimum Gasteiger partial charge on any atom is -0.473 e. The molecule has 1 aliphatic rings. The highest BCUT2D eigenvalue weighted by Gasteiger charge is 2.24. The first-order valence-electron chi connectivity index (χ1n) is 7.81. The number of likely N-dealkylation sites (tertiary alicyclic amines) is 1. The largest absolute Gasteiger partial charge is 0.473 e. The van der Waals surface area contributed by atoms with Gasteiger partial charge in [0.15, 0.2) is 0 Å². The molecule has 0 bridgehead atoms. The topological polar surface area (TPSA) is 120 Å². The molecule has 24 heavy (non-hydrogen) atoms. The van der Waals surface area contributed by atoms with Crippen LogP contribution in [-0.4, -0.2) is 52.1 Å². The van der Waals surface area contributed by atoms with Gasteiger partial charge in [0, 0.05) is 0 Å². The first-order chi connectivity index (χ1) is 11.3. The lowest BCUT2D eigenvalue weighted by molar-refractivity contribution is -0.159. The third-order valence-electron chi connectivity index (χ3n) is 3.95. The molecule has 2 heterocycles. The zero-order valence-corrected chi connectivity index (χ0v) is 13.9. The van der Waals surface area contributed by atoms with Crippen LogP contribution >= 0.6 is 0 Å². The number of nitrogens with zero attached hydrogens (tertiary/aromatic N) is 1. The molecule has 134 valence electrons. The standard InChI is InChI=1S/C14H22N2O2.C2H2O4/c1-11-5-7-16(8-6-11)12(2)14(17)15-10-13-4-3-9-18-13;3-1(4)2(5)6/h3-4,9,11-12H,5-8,10H2,1-2H3,(H,15,17);(H,3,4)(H,5,6). The molecule has 2 rings (SSSR count). The fourth-order valence-electron chi connectivity index (χ4n) is 2.32. The lowest BCUT2D eigenvalue weighted by Gasteiger charge is -2.34. The monoisotopic (exact) mass is 340 g/mol. The molecule has 1 amide bonds. The summed E-state index contributed by atoms with van der Waals surface area (Å²) in [5.41, 5.74) is 0. The molecule has 0 saturated carbocycles. The lowest BCUT2D eigenvalue weighted by atomic mass is 9.98. The molecule has 8 heteroatoms. The summed E-state index contributed by atoms with van der Waals surface area (Å²) in [6.07, 6.45) is 4.00. The highest BCUT2D eigenvalue weighted by molar-refractivity contribution is 6.27. The minimum atomic E-state index is -1.82. The maximum atomic E-state index is 12.0. The Morgan fingerprint density at radius 1 is 1.29 bits per heavy atom. The number of hydrogen-bond acceptors (Lipinski definition) is 5. The van der Waals surface area contributed by atoms with Crippen molar-refractivity contribution in [2.75, 3.05) is 13.1 Å². The van der Waals surface area contributed by atoms with Crippen molar-refractivity contribution in [3.05, 3.63) is 24.2 Å². The molecule has 0 spiro atoms. The fraction of sp³-hybridized carbons (Fsp3) is 0.562. The number of piperidine rings is 1. The van der Waals surface area contributed by atoms with Crippen molar-refractivity contribution in [1.29, 1.82) is 0 Å². The van der Waals surface area contributed by atoms with Gasteiger partial charge in [0.25, 0.3) is 0 Å². The fourth-order valence-corrected chi connectivity index (χ4v) is 2.32. The van der Waals surface area contributed by atoms with Gasteiger partial charge in [-0.25, -0.2) is 9.59 Å². The van der Waals surface area contributed by atoms with Gasteiger partial charge in [-0.3, -0.25) is 9.69 Å². The van der Waals surface area contributed by atoms with Crippen LogP contribution < -0.4 is 5.32 Å². The first kappa shape index (κ1) is 19.7.